The second-order valence-electron chi connectivity index (χ2n) is 5.51. The maximum atomic E-state index is 12.5. The molecule has 0 saturated carbocycles. The van der Waals surface area contributed by atoms with E-state index in [1.165, 1.54) is 12.1 Å². The number of sulfonamides is 1. The van der Waals surface area contributed by atoms with E-state index in [0.29, 0.717) is 30.5 Å². The van der Waals surface area contributed by atoms with Crippen LogP contribution in [0.3, 0.4) is 0 Å². The normalized spacial score (nSPS) is 13.6. The van der Waals surface area contributed by atoms with E-state index in [1.54, 1.807) is 18.2 Å². The first-order chi connectivity index (χ1) is 11.4. The standard InChI is InChI=1S/C15H18N4O4S/c1-10(2)16-14-5-6-15(18-17-14)19-24(20,21)11-3-4-12-13(9-11)23-8-7-22-12/h3-6,9-10H,7-8H2,1-2H3,(H,16,17)(H,18,19). The Hall–Kier alpha value is -2.55. The van der Waals surface area contributed by atoms with Crippen LogP contribution in [0.15, 0.2) is 35.2 Å². The topological polar surface area (TPSA) is 102 Å². The summed E-state index contributed by atoms with van der Waals surface area (Å²) in [6.45, 7) is 4.78. The first-order valence-corrected chi connectivity index (χ1v) is 8.95. The number of nitrogens with zero attached hydrogens (tertiary/aromatic N) is 2. The SMILES string of the molecule is CC(C)Nc1ccc(NS(=O)(=O)c2ccc3c(c2)OCCO3)nn1. The summed E-state index contributed by atoms with van der Waals surface area (Å²) >= 11 is 0. The molecule has 24 heavy (non-hydrogen) atoms. The summed E-state index contributed by atoms with van der Waals surface area (Å²) in [5.74, 6) is 1.65. The van der Waals surface area contributed by atoms with E-state index < -0.39 is 10.0 Å². The van der Waals surface area contributed by atoms with Crippen LogP contribution < -0.4 is 19.5 Å². The van der Waals surface area contributed by atoms with Gasteiger partial charge in [-0.3, -0.25) is 4.72 Å². The quantitative estimate of drug-likeness (QED) is 0.848. The Bertz CT molecular complexity index is 822. The molecule has 2 N–H and O–H groups in total. The summed E-state index contributed by atoms with van der Waals surface area (Å²) in [5, 5.41) is 10.9. The van der Waals surface area contributed by atoms with Gasteiger partial charge in [0.1, 0.15) is 19.0 Å². The summed E-state index contributed by atoms with van der Waals surface area (Å²) in [7, 11) is -3.79. The van der Waals surface area contributed by atoms with Gasteiger partial charge in [-0.1, -0.05) is 0 Å². The second kappa shape index (κ2) is 6.52. The van der Waals surface area contributed by atoms with Gasteiger partial charge in [0, 0.05) is 12.1 Å². The first kappa shape index (κ1) is 16.3. The zero-order valence-electron chi connectivity index (χ0n) is 13.3. The summed E-state index contributed by atoms with van der Waals surface area (Å²) in [6.07, 6.45) is 0. The number of hydrogen-bond acceptors (Lipinski definition) is 7. The smallest absolute Gasteiger partial charge is 0.263 e. The number of ether oxygens (including phenoxy) is 2. The third-order valence-corrected chi connectivity index (χ3v) is 4.52. The van der Waals surface area contributed by atoms with Crippen LogP contribution in [0.2, 0.25) is 0 Å². The van der Waals surface area contributed by atoms with Crippen molar-refractivity contribution in [1.82, 2.24) is 10.2 Å². The first-order valence-electron chi connectivity index (χ1n) is 7.47. The molecule has 0 amide bonds. The van der Waals surface area contributed by atoms with Crippen molar-refractivity contribution in [2.75, 3.05) is 23.3 Å². The fraction of sp³-hybridized carbons (Fsp3) is 0.333. The second-order valence-corrected chi connectivity index (χ2v) is 7.20. The molecule has 0 atom stereocenters. The van der Waals surface area contributed by atoms with E-state index in [1.807, 2.05) is 13.8 Å². The van der Waals surface area contributed by atoms with Crippen LogP contribution >= 0.6 is 0 Å². The molecule has 2 aromatic rings. The van der Waals surface area contributed by atoms with Crippen molar-refractivity contribution in [1.29, 1.82) is 0 Å². The molecule has 9 heteroatoms. The molecule has 2 heterocycles. The van der Waals surface area contributed by atoms with Crippen molar-refractivity contribution >= 4 is 21.7 Å². The molecule has 0 spiro atoms. The Morgan fingerprint density at radius 2 is 1.67 bits per heavy atom. The number of nitrogens with one attached hydrogen (secondary N) is 2. The third kappa shape index (κ3) is 3.67. The molecular weight excluding hydrogens is 332 g/mol. The van der Waals surface area contributed by atoms with Crippen molar-refractivity contribution in [3.05, 3.63) is 30.3 Å². The molecule has 1 aromatic carbocycles. The van der Waals surface area contributed by atoms with Gasteiger partial charge in [-0.15, -0.1) is 10.2 Å². The Balaban J connectivity index is 1.78. The van der Waals surface area contributed by atoms with Crippen LogP contribution in [-0.2, 0) is 10.0 Å². The highest BCUT2D eigenvalue weighted by Gasteiger charge is 2.20. The number of anilines is 2. The van der Waals surface area contributed by atoms with Gasteiger partial charge in [0.15, 0.2) is 17.3 Å². The van der Waals surface area contributed by atoms with E-state index in [9.17, 15) is 8.42 Å². The highest BCUT2D eigenvalue weighted by atomic mass is 32.2. The summed E-state index contributed by atoms with van der Waals surface area (Å²) in [6, 6.07) is 7.88. The maximum absolute atomic E-state index is 12.5. The van der Waals surface area contributed by atoms with Crippen molar-refractivity contribution in [2.24, 2.45) is 0 Å². The monoisotopic (exact) mass is 350 g/mol. The molecule has 0 fully saturated rings. The van der Waals surface area contributed by atoms with Crippen molar-refractivity contribution in [2.45, 2.75) is 24.8 Å². The molecular formula is C15H18N4O4S. The van der Waals surface area contributed by atoms with Crippen LogP contribution in [0.5, 0.6) is 11.5 Å². The van der Waals surface area contributed by atoms with Gasteiger partial charge in [0.25, 0.3) is 10.0 Å². The highest BCUT2D eigenvalue weighted by Crippen LogP contribution is 2.32. The lowest BCUT2D eigenvalue weighted by Gasteiger charge is -2.19. The Labute approximate surface area is 140 Å². The fourth-order valence-corrected chi connectivity index (χ4v) is 3.16. The lowest BCUT2D eigenvalue weighted by atomic mass is 10.3. The maximum Gasteiger partial charge on any atom is 0.263 e. The van der Waals surface area contributed by atoms with Crippen LogP contribution in [0, 0.1) is 0 Å². The van der Waals surface area contributed by atoms with E-state index in [-0.39, 0.29) is 16.8 Å². The molecule has 3 rings (SSSR count). The van der Waals surface area contributed by atoms with Gasteiger partial charge < -0.3 is 14.8 Å². The highest BCUT2D eigenvalue weighted by molar-refractivity contribution is 7.92. The molecule has 128 valence electrons. The minimum Gasteiger partial charge on any atom is -0.486 e. The minimum atomic E-state index is -3.79. The van der Waals surface area contributed by atoms with Gasteiger partial charge in [-0.2, -0.15) is 0 Å². The van der Waals surface area contributed by atoms with Crippen molar-refractivity contribution < 1.29 is 17.9 Å². The summed E-state index contributed by atoms with van der Waals surface area (Å²) < 4.78 is 38.1. The Morgan fingerprint density at radius 1 is 1.00 bits per heavy atom. The van der Waals surface area contributed by atoms with Crippen LogP contribution in [-0.4, -0.2) is 37.9 Å². The third-order valence-electron chi connectivity index (χ3n) is 3.16. The Morgan fingerprint density at radius 3 is 2.33 bits per heavy atom. The van der Waals surface area contributed by atoms with Gasteiger partial charge in [-0.05, 0) is 38.1 Å². The number of benzene rings is 1. The number of fused-ring (bicyclic) bond motifs is 1. The molecule has 0 unspecified atom stereocenters. The van der Waals surface area contributed by atoms with Gasteiger partial charge in [-0.25, -0.2) is 8.42 Å². The summed E-state index contributed by atoms with van der Waals surface area (Å²) in [4.78, 5) is 0.0675. The number of hydrogen-bond donors (Lipinski definition) is 2. The van der Waals surface area contributed by atoms with Crippen LogP contribution in [0.25, 0.3) is 0 Å². The molecule has 1 aliphatic rings. The van der Waals surface area contributed by atoms with Crippen LogP contribution in [0.4, 0.5) is 11.6 Å². The molecule has 1 aromatic heterocycles. The zero-order chi connectivity index (χ0) is 17.2. The van der Waals surface area contributed by atoms with E-state index in [4.69, 9.17) is 9.47 Å². The molecule has 0 aliphatic carbocycles. The largest absolute Gasteiger partial charge is 0.486 e. The molecule has 8 nitrogen and oxygen atoms in total. The lowest BCUT2D eigenvalue weighted by molar-refractivity contribution is 0.171. The average Bonchev–Trinajstić information content (AvgIpc) is 2.55. The van der Waals surface area contributed by atoms with Gasteiger partial charge in [0.05, 0.1) is 4.90 Å². The van der Waals surface area contributed by atoms with Crippen molar-refractivity contribution in [3.8, 4) is 11.5 Å². The number of aromatic nitrogens is 2. The fourth-order valence-electron chi connectivity index (χ4n) is 2.15. The van der Waals surface area contributed by atoms with Crippen molar-refractivity contribution in [3.63, 3.8) is 0 Å². The predicted octanol–water partition coefficient (Wildman–Crippen LogP) is 1.87. The van der Waals surface area contributed by atoms with Gasteiger partial charge in [0.2, 0.25) is 0 Å². The molecule has 0 radical (unpaired) electrons. The van der Waals surface area contributed by atoms with E-state index >= 15 is 0 Å². The molecule has 0 saturated heterocycles. The predicted molar refractivity (Wildman–Crippen MR) is 89.0 cm³/mol. The zero-order valence-corrected chi connectivity index (χ0v) is 14.1. The molecule has 1 aliphatic heterocycles. The minimum absolute atomic E-state index is 0.0675. The van der Waals surface area contributed by atoms with E-state index in [2.05, 4.69) is 20.2 Å². The van der Waals surface area contributed by atoms with E-state index in [0.717, 1.165) is 0 Å². The Kier molecular flexibility index (Phi) is 4.43. The van der Waals surface area contributed by atoms with Crippen LogP contribution in [0.1, 0.15) is 13.8 Å². The number of rotatable bonds is 5. The van der Waals surface area contributed by atoms with Gasteiger partial charge >= 0.3 is 0 Å². The molecule has 0 bridgehead atoms. The average molecular weight is 350 g/mol. The summed E-state index contributed by atoms with van der Waals surface area (Å²) in [5.41, 5.74) is 0. The lowest BCUT2D eigenvalue weighted by Crippen LogP contribution is -2.18.